The second-order valence-corrected chi connectivity index (χ2v) is 5.19. The lowest BCUT2D eigenvalue weighted by molar-refractivity contribution is 0.0648. The molecule has 0 unspecified atom stereocenters. The van der Waals surface area contributed by atoms with Crippen LogP contribution in [-0.4, -0.2) is 35.7 Å². The van der Waals surface area contributed by atoms with Crippen LogP contribution in [0.3, 0.4) is 0 Å². The van der Waals surface area contributed by atoms with Gasteiger partial charge in [-0.05, 0) is 30.3 Å². The molecule has 0 fully saturated rings. The molecule has 3 rings (SSSR count). The normalized spacial score (nSPS) is 13.2. The topological polar surface area (TPSA) is 66.5 Å². The fourth-order valence-corrected chi connectivity index (χ4v) is 2.51. The lowest BCUT2D eigenvalue weighted by atomic mass is 10.1. The van der Waals surface area contributed by atoms with Gasteiger partial charge in [-0.1, -0.05) is 12.1 Å². The first-order valence-corrected chi connectivity index (χ1v) is 7.17. The van der Waals surface area contributed by atoms with Crippen molar-refractivity contribution in [3.8, 4) is 0 Å². The monoisotopic (exact) mass is 330 g/mol. The fraction of sp³-hybridized carbons (Fsp3) is 0.118. The van der Waals surface area contributed by atoms with Crippen molar-refractivity contribution in [2.75, 3.05) is 13.1 Å². The molecular formula is C17H12F2N2O3. The fourth-order valence-electron chi connectivity index (χ4n) is 2.51. The number of nitrogens with one attached hydrogen (secondary N) is 1. The molecule has 1 aliphatic heterocycles. The highest BCUT2D eigenvalue weighted by Gasteiger charge is 2.37. The number of carbonyl (C=O) groups excluding carboxylic acids is 3. The molecule has 3 amide bonds. The molecule has 2 aromatic carbocycles. The molecule has 1 N–H and O–H groups in total. The van der Waals surface area contributed by atoms with E-state index >= 15 is 0 Å². The molecule has 1 heterocycles. The molecule has 0 aliphatic carbocycles. The first-order valence-electron chi connectivity index (χ1n) is 7.17. The number of halogens is 2. The Labute approximate surface area is 135 Å². The molecule has 122 valence electrons. The average molecular weight is 330 g/mol. The van der Waals surface area contributed by atoms with Gasteiger partial charge in [0.25, 0.3) is 17.7 Å². The minimum Gasteiger partial charge on any atom is -0.350 e. The van der Waals surface area contributed by atoms with Crippen LogP contribution in [0.15, 0.2) is 42.5 Å². The van der Waals surface area contributed by atoms with Crippen LogP contribution in [-0.2, 0) is 0 Å². The molecule has 0 spiro atoms. The number of carbonyl (C=O) groups is 3. The number of amides is 3. The summed E-state index contributed by atoms with van der Waals surface area (Å²) in [6.45, 7) is -0.130. The van der Waals surface area contributed by atoms with Crippen LogP contribution >= 0.6 is 0 Å². The Balaban J connectivity index is 1.64. The maximum atomic E-state index is 13.7. The van der Waals surface area contributed by atoms with E-state index < -0.39 is 29.4 Å². The summed E-state index contributed by atoms with van der Waals surface area (Å²) in [4.78, 5) is 37.0. The standard InChI is InChI=1S/C17H12F2N2O3/c18-11-4-1-3-10(9-11)15(22)20-7-8-21-16(23)12-5-2-6-13(19)14(12)17(21)24/h1-6,9H,7-8H2,(H,20,22). The van der Waals surface area contributed by atoms with E-state index in [1.807, 2.05) is 0 Å². The quantitative estimate of drug-likeness (QED) is 0.872. The summed E-state index contributed by atoms with van der Waals surface area (Å²) in [6, 6.07) is 8.97. The van der Waals surface area contributed by atoms with Crippen LogP contribution in [0, 0.1) is 11.6 Å². The predicted octanol–water partition coefficient (Wildman–Crippen LogP) is 1.99. The van der Waals surface area contributed by atoms with Gasteiger partial charge in [0.15, 0.2) is 0 Å². The van der Waals surface area contributed by atoms with Crippen molar-refractivity contribution < 1.29 is 23.2 Å². The maximum Gasteiger partial charge on any atom is 0.264 e. The molecular weight excluding hydrogens is 318 g/mol. The van der Waals surface area contributed by atoms with Crippen LogP contribution in [0.2, 0.25) is 0 Å². The SMILES string of the molecule is O=C(NCCN1C(=O)c2cccc(F)c2C1=O)c1cccc(F)c1. The Morgan fingerprint density at radius 3 is 2.50 bits per heavy atom. The molecule has 7 heteroatoms. The highest BCUT2D eigenvalue weighted by Crippen LogP contribution is 2.24. The smallest absolute Gasteiger partial charge is 0.264 e. The Bertz CT molecular complexity index is 851. The van der Waals surface area contributed by atoms with E-state index in [9.17, 15) is 23.2 Å². The summed E-state index contributed by atoms with van der Waals surface area (Å²) in [5, 5.41) is 2.49. The lowest BCUT2D eigenvalue weighted by Gasteiger charge is -2.14. The van der Waals surface area contributed by atoms with Crippen molar-refractivity contribution in [2.45, 2.75) is 0 Å². The van der Waals surface area contributed by atoms with Crippen molar-refractivity contribution in [3.05, 3.63) is 70.8 Å². The maximum absolute atomic E-state index is 13.7. The zero-order chi connectivity index (χ0) is 17.3. The highest BCUT2D eigenvalue weighted by molar-refractivity contribution is 6.21. The van der Waals surface area contributed by atoms with Gasteiger partial charge >= 0.3 is 0 Å². The zero-order valence-corrected chi connectivity index (χ0v) is 12.4. The number of rotatable bonds is 4. The van der Waals surface area contributed by atoms with Gasteiger partial charge in [-0.15, -0.1) is 0 Å². The summed E-state index contributed by atoms with van der Waals surface area (Å²) in [5.41, 5.74) is -0.112. The van der Waals surface area contributed by atoms with Crippen LogP contribution in [0.4, 0.5) is 8.78 Å². The zero-order valence-electron chi connectivity index (χ0n) is 12.4. The molecule has 2 aromatic rings. The Kier molecular flexibility index (Phi) is 4.07. The Hall–Kier alpha value is -3.09. The first kappa shape index (κ1) is 15.8. The number of benzene rings is 2. The third-order valence-corrected chi connectivity index (χ3v) is 3.66. The summed E-state index contributed by atoms with van der Waals surface area (Å²) in [6.07, 6.45) is 0. The van der Waals surface area contributed by atoms with Crippen molar-refractivity contribution >= 4 is 17.7 Å². The van der Waals surface area contributed by atoms with E-state index in [4.69, 9.17) is 0 Å². The van der Waals surface area contributed by atoms with Gasteiger partial charge in [-0.3, -0.25) is 19.3 Å². The summed E-state index contributed by atoms with van der Waals surface area (Å²) >= 11 is 0. The molecule has 0 bridgehead atoms. The minimum atomic E-state index is -0.753. The molecule has 0 atom stereocenters. The predicted molar refractivity (Wildman–Crippen MR) is 80.5 cm³/mol. The van der Waals surface area contributed by atoms with Gasteiger partial charge in [0, 0.05) is 18.7 Å². The minimum absolute atomic E-state index is 0.0106. The van der Waals surface area contributed by atoms with E-state index in [1.54, 1.807) is 0 Å². The molecule has 1 aliphatic rings. The molecule has 0 aromatic heterocycles. The Morgan fingerprint density at radius 1 is 1.04 bits per heavy atom. The third-order valence-electron chi connectivity index (χ3n) is 3.66. The second-order valence-electron chi connectivity index (χ2n) is 5.19. The van der Waals surface area contributed by atoms with Gasteiger partial charge in [-0.2, -0.15) is 0 Å². The van der Waals surface area contributed by atoms with Crippen LogP contribution < -0.4 is 5.32 Å². The van der Waals surface area contributed by atoms with Gasteiger partial charge in [-0.25, -0.2) is 8.78 Å². The van der Waals surface area contributed by atoms with E-state index in [0.29, 0.717) is 0 Å². The third kappa shape index (κ3) is 2.76. The first-order chi connectivity index (χ1) is 11.5. The van der Waals surface area contributed by atoms with Crippen molar-refractivity contribution in [2.24, 2.45) is 0 Å². The second kappa shape index (κ2) is 6.19. The Morgan fingerprint density at radius 2 is 1.79 bits per heavy atom. The highest BCUT2D eigenvalue weighted by atomic mass is 19.1. The van der Waals surface area contributed by atoms with Gasteiger partial charge in [0.05, 0.1) is 11.1 Å². The van der Waals surface area contributed by atoms with Crippen molar-refractivity contribution in [3.63, 3.8) is 0 Å². The molecule has 0 saturated carbocycles. The number of nitrogens with zero attached hydrogens (tertiary/aromatic N) is 1. The number of hydrogen-bond donors (Lipinski definition) is 1. The number of fused-ring (bicyclic) bond motifs is 1. The van der Waals surface area contributed by atoms with Crippen LogP contribution in [0.25, 0.3) is 0 Å². The van der Waals surface area contributed by atoms with E-state index in [0.717, 1.165) is 17.0 Å². The van der Waals surface area contributed by atoms with Gasteiger partial charge in [0.2, 0.25) is 0 Å². The lowest BCUT2D eigenvalue weighted by Crippen LogP contribution is -2.38. The van der Waals surface area contributed by atoms with Crippen molar-refractivity contribution in [1.29, 1.82) is 0 Å². The van der Waals surface area contributed by atoms with Crippen LogP contribution in [0.5, 0.6) is 0 Å². The van der Waals surface area contributed by atoms with E-state index in [2.05, 4.69) is 5.32 Å². The largest absolute Gasteiger partial charge is 0.350 e. The summed E-state index contributed by atoms with van der Waals surface area (Å²) in [5.74, 6) is -3.16. The van der Waals surface area contributed by atoms with Gasteiger partial charge in [0.1, 0.15) is 11.6 Å². The van der Waals surface area contributed by atoms with E-state index in [-0.39, 0.29) is 29.8 Å². The number of imide groups is 1. The average Bonchev–Trinajstić information content (AvgIpc) is 2.80. The number of hydrogen-bond acceptors (Lipinski definition) is 3. The summed E-state index contributed by atoms with van der Waals surface area (Å²) in [7, 11) is 0. The summed E-state index contributed by atoms with van der Waals surface area (Å²) < 4.78 is 26.8. The molecule has 0 saturated heterocycles. The van der Waals surface area contributed by atoms with Crippen LogP contribution in [0.1, 0.15) is 31.1 Å². The van der Waals surface area contributed by atoms with Gasteiger partial charge < -0.3 is 5.32 Å². The molecule has 5 nitrogen and oxygen atoms in total. The molecule has 24 heavy (non-hydrogen) atoms. The molecule has 0 radical (unpaired) electrons. The van der Waals surface area contributed by atoms with Crippen molar-refractivity contribution in [1.82, 2.24) is 10.2 Å². The van der Waals surface area contributed by atoms with E-state index in [1.165, 1.54) is 30.3 Å².